The summed E-state index contributed by atoms with van der Waals surface area (Å²) in [6, 6.07) is 12.9. The van der Waals surface area contributed by atoms with Gasteiger partial charge in [0.05, 0.1) is 0 Å². The largest absolute Gasteiger partial charge is 0.265 e. The summed E-state index contributed by atoms with van der Waals surface area (Å²) in [6.07, 6.45) is 6.02. The van der Waals surface area contributed by atoms with Crippen molar-refractivity contribution in [3.63, 3.8) is 0 Å². The van der Waals surface area contributed by atoms with Crippen LogP contribution in [-0.4, -0.2) is 4.98 Å². The van der Waals surface area contributed by atoms with Crippen molar-refractivity contribution in [2.75, 3.05) is 0 Å². The van der Waals surface area contributed by atoms with E-state index in [2.05, 4.69) is 36.2 Å². The number of rotatable bonds is 3. The molecule has 0 atom stereocenters. The number of benzene rings is 1. The average molecular weight is 257 g/mol. The maximum Gasteiger partial charge on any atom is 0.0273 e. The molecule has 0 aliphatic carbocycles. The zero-order chi connectivity index (χ0) is 14.5. The fraction of sp³-hybridized carbons (Fsp3) is 0.389. The number of aromatic nitrogens is 1. The molecule has 19 heavy (non-hydrogen) atoms. The molecule has 0 aliphatic heterocycles. The van der Waals surface area contributed by atoms with E-state index in [-0.39, 0.29) is 0 Å². The summed E-state index contributed by atoms with van der Waals surface area (Å²) in [7, 11) is 0. The summed E-state index contributed by atoms with van der Waals surface area (Å²) in [5, 5.41) is 0. The zero-order valence-electron chi connectivity index (χ0n) is 13.0. The normalized spacial score (nSPS) is 8.68. The Morgan fingerprint density at radius 3 is 1.68 bits per heavy atom. The highest BCUT2D eigenvalue weighted by Crippen LogP contribution is 2.18. The second-order valence-corrected chi connectivity index (χ2v) is 3.68. The Bertz CT molecular complexity index is 403. The van der Waals surface area contributed by atoms with Gasteiger partial charge in [0.1, 0.15) is 0 Å². The summed E-state index contributed by atoms with van der Waals surface area (Å²) >= 11 is 0. The SMILES string of the molecule is CC.CC.CCCc1ccc(-c2ccncc2)cc1. The van der Waals surface area contributed by atoms with E-state index in [1.807, 2.05) is 52.2 Å². The van der Waals surface area contributed by atoms with Crippen molar-refractivity contribution >= 4 is 0 Å². The standard InChI is InChI=1S/C14H15N.2C2H6/c1-2-3-12-4-6-13(7-5-12)14-8-10-15-11-9-14;2*1-2/h4-11H,2-3H2,1H3;2*1-2H3. The third-order valence-electron chi connectivity index (χ3n) is 2.51. The summed E-state index contributed by atoms with van der Waals surface area (Å²) in [4.78, 5) is 4.02. The molecule has 1 heteroatoms. The lowest BCUT2D eigenvalue weighted by Gasteiger charge is -2.02. The summed E-state index contributed by atoms with van der Waals surface area (Å²) < 4.78 is 0. The van der Waals surface area contributed by atoms with E-state index in [0.717, 1.165) is 6.42 Å². The molecule has 0 aliphatic rings. The molecule has 0 N–H and O–H groups in total. The van der Waals surface area contributed by atoms with Gasteiger partial charge in [-0.3, -0.25) is 4.98 Å². The second kappa shape index (κ2) is 11.5. The van der Waals surface area contributed by atoms with Crippen molar-refractivity contribution in [3.8, 4) is 11.1 Å². The lowest BCUT2D eigenvalue weighted by atomic mass is 10.0. The molecule has 104 valence electrons. The van der Waals surface area contributed by atoms with Gasteiger partial charge in [-0.2, -0.15) is 0 Å². The first-order valence-corrected chi connectivity index (χ1v) is 7.39. The van der Waals surface area contributed by atoms with Crippen LogP contribution in [0.25, 0.3) is 11.1 Å². The maximum absolute atomic E-state index is 4.02. The minimum Gasteiger partial charge on any atom is -0.265 e. The number of pyridine rings is 1. The van der Waals surface area contributed by atoms with E-state index in [0.29, 0.717) is 0 Å². The highest BCUT2D eigenvalue weighted by Gasteiger charge is 1.96. The van der Waals surface area contributed by atoms with Gasteiger partial charge in [0, 0.05) is 12.4 Å². The highest BCUT2D eigenvalue weighted by molar-refractivity contribution is 5.62. The van der Waals surface area contributed by atoms with Crippen LogP contribution in [-0.2, 0) is 6.42 Å². The summed E-state index contributed by atoms with van der Waals surface area (Å²) in [6.45, 7) is 10.2. The van der Waals surface area contributed by atoms with Crippen molar-refractivity contribution in [1.29, 1.82) is 0 Å². The Hall–Kier alpha value is -1.63. The molecule has 1 aromatic heterocycles. The summed E-state index contributed by atoms with van der Waals surface area (Å²) in [5.41, 5.74) is 3.90. The summed E-state index contributed by atoms with van der Waals surface area (Å²) in [5.74, 6) is 0. The first kappa shape index (κ1) is 17.4. The number of hydrogen-bond donors (Lipinski definition) is 0. The molecular weight excluding hydrogens is 230 g/mol. The second-order valence-electron chi connectivity index (χ2n) is 3.68. The molecule has 1 nitrogen and oxygen atoms in total. The monoisotopic (exact) mass is 257 g/mol. The Morgan fingerprint density at radius 1 is 0.737 bits per heavy atom. The minimum atomic E-state index is 1.16. The molecule has 0 fully saturated rings. The molecule has 0 saturated heterocycles. The molecular formula is C18H27N. The fourth-order valence-corrected chi connectivity index (χ4v) is 1.70. The molecule has 1 aromatic carbocycles. The minimum absolute atomic E-state index is 1.16. The van der Waals surface area contributed by atoms with Crippen LogP contribution in [0.4, 0.5) is 0 Å². The quantitative estimate of drug-likeness (QED) is 0.682. The van der Waals surface area contributed by atoms with Gasteiger partial charge in [-0.25, -0.2) is 0 Å². The van der Waals surface area contributed by atoms with Crippen LogP contribution in [0.3, 0.4) is 0 Å². The van der Waals surface area contributed by atoms with Crippen molar-refractivity contribution in [2.24, 2.45) is 0 Å². The Balaban J connectivity index is 0.000000741. The molecule has 2 rings (SSSR count). The van der Waals surface area contributed by atoms with Crippen LogP contribution >= 0.6 is 0 Å². The van der Waals surface area contributed by atoms with E-state index in [9.17, 15) is 0 Å². The van der Waals surface area contributed by atoms with E-state index in [1.54, 1.807) is 0 Å². The Kier molecular flexibility index (Phi) is 10.5. The molecule has 1 heterocycles. The third kappa shape index (κ3) is 6.19. The predicted molar refractivity (Wildman–Crippen MR) is 86.4 cm³/mol. The fourth-order valence-electron chi connectivity index (χ4n) is 1.70. The molecule has 0 bridgehead atoms. The van der Waals surface area contributed by atoms with Crippen LogP contribution < -0.4 is 0 Å². The van der Waals surface area contributed by atoms with Crippen LogP contribution in [0.15, 0.2) is 48.8 Å². The van der Waals surface area contributed by atoms with Crippen LogP contribution in [0.5, 0.6) is 0 Å². The molecule has 0 radical (unpaired) electrons. The van der Waals surface area contributed by atoms with Crippen LogP contribution in [0.1, 0.15) is 46.6 Å². The van der Waals surface area contributed by atoms with Crippen molar-refractivity contribution in [3.05, 3.63) is 54.4 Å². The van der Waals surface area contributed by atoms with Crippen molar-refractivity contribution in [2.45, 2.75) is 47.5 Å². The molecule has 2 aromatic rings. The van der Waals surface area contributed by atoms with E-state index < -0.39 is 0 Å². The van der Waals surface area contributed by atoms with Gasteiger partial charge >= 0.3 is 0 Å². The average Bonchev–Trinajstić information content (AvgIpc) is 2.53. The first-order chi connectivity index (χ1) is 9.40. The van der Waals surface area contributed by atoms with E-state index in [1.165, 1.54) is 23.1 Å². The van der Waals surface area contributed by atoms with Gasteiger partial charge in [-0.05, 0) is 35.2 Å². The smallest absolute Gasteiger partial charge is 0.0273 e. The van der Waals surface area contributed by atoms with Gasteiger partial charge in [0.15, 0.2) is 0 Å². The number of hydrogen-bond acceptors (Lipinski definition) is 1. The molecule has 0 spiro atoms. The number of aryl methyl sites for hydroxylation is 1. The maximum atomic E-state index is 4.02. The first-order valence-electron chi connectivity index (χ1n) is 7.39. The van der Waals surface area contributed by atoms with Gasteiger partial charge < -0.3 is 0 Å². The van der Waals surface area contributed by atoms with Crippen LogP contribution in [0, 0.1) is 0 Å². The van der Waals surface area contributed by atoms with Gasteiger partial charge in [0.2, 0.25) is 0 Å². The van der Waals surface area contributed by atoms with Gasteiger partial charge in [0.25, 0.3) is 0 Å². The van der Waals surface area contributed by atoms with Crippen LogP contribution in [0.2, 0.25) is 0 Å². The lowest BCUT2D eigenvalue weighted by molar-refractivity contribution is 0.922. The Morgan fingerprint density at radius 2 is 1.21 bits per heavy atom. The highest BCUT2D eigenvalue weighted by atomic mass is 14.6. The third-order valence-corrected chi connectivity index (χ3v) is 2.51. The molecule has 0 unspecified atom stereocenters. The number of nitrogens with zero attached hydrogens (tertiary/aromatic N) is 1. The predicted octanol–water partition coefficient (Wildman–Crippen LogP) is 5.75. The Labute approximate surface area is 118 Å². The lowest BCUT2D eigenvalue weighted by Crippen LogP contribution is -1.83. The van der Waals surface area contributed by atoms with Gasteiger partial charge in [-0.1, -0.05) is 65.3 Å². The molecule has 0 amide bonds. The zero-order valence-corrected chi connectivity index (χ0v) is 13.0. The van der Waals surface area contributed by atoms with Crippen molar-refractivity contribution < 1.29 is 0 Å². The molecule has 0 saturated carbocycles. The van der Waals surface area contributed by atoms with E-state index >= 15 is 0 Å². The van der Waals surface area contributed by atoms with E-state index in [4.69, 9.17) is 0 Å². The van der Waals surface area contributed by atoms with Crippen molar-refractivity contribution in [1.82, 2.24) is 4.98 Å². The topological polar surface area (TPSA) is 12.9 Å². The van der Waals surface area contributed by atoms with Gasteiger partial charge in [-0.15, -0.1) is 0 Å².